The first-order valence-electron chi connectivity index (χ1n) is 6.58. The van der Waals surface area contributed by atoms with Crippen molar-refractivity contribution in [2.45, 2.75) is 64.0 Å². The van der Waals surface area contributed by atoms with E-state index in [2.05, 4.69) is 11.5 Å². The largest absolute Gasteiger partial charge is 0.329 e. The molecule has 3 rings (SSSR count). The second-order valence-electron chi connectivity index (χ2n) is 5.36. The Morgan fingerprint density at radius 1 is 1.25 bits per heavy atom. The van der Waals surface area contributed by atoms with Gasteiger partial charge in [-0.15, -0.1) is 0 Å². The maximum absolute atomic E-state index is 6.02. The van der Waals surface area contributed by atoms with Gasteiger partial charge in [-0.3, -0.25) is 0 Å². The van der Waals surface area contributed by atoms with Crippen LogP contribution in [0, 0.1) is 6.92 Å². The van der Waals surface area contributed by atoms with Crippen LogP contribution in [0.4, 0.5) is 0 Å². The van der Waals surface area contributed by atoms with Gasteiger partial charge in [0.1, 0.15) is 5.82 Å². The fraction of sp³-hybridized carbons (Fsp3) is 0.769. The van der Waals surface area contributed by atoms with E-state index in [0.717, 1.165) is 6.42 Å². The molecule has 0 spiro atoms. The highest BCUT2D eigenvalue weighted by molar-refractivity contribution is 5.21. The molecule has 1 fully saturated rings. The summed E-state index contributed by atoms with van der Waals surface area (Å²) in [5.41, 5.74) is 8.91. The van der Waals surface area contributed by atoms with E-state index >= 15 is 0 Å². The van der Waals surface area contributed by atoms with Crippen LogP contribution in [0.3, 0.4) is 0 Å². The Hall–Kier alpha value is -0.830. The van der Waals surface area contributed by atoms with Crippen molar-refractivity contribution in [2.24, 2.45) is 5.73 Å². The van der Waals surface area contributed by atoms with Gasteiger partial charge in [-0.05, 0) is 51.9 Å². The quantitative estimate of drug-likeness (QED) is 0.786. The lowest BCUT2D eigenvalue weighted by Gasteiger charge is -2.20. The standard InChI is InChI=1S/C13H21N3/c1-9-15-12-4-2-3-5-13(12)16(9)11-7-6-10(14)8-11/h10-11H,2-8,14H2,1H3. The zero-order valence-corrected chi connectivity index (χ0v) is 10.1. The Kier molecular flexibility index (Phi) is 2.51. The number of nitrogens with two attached hydrogens (primary N) is 1. The van der Waals surface area contributed by atoms with Gasteiger partial charge in [0.05, 0.1) is 5.69 Å². The van der Waals surface area contributed by atoms with E-state index in [-0.39, 0.29) is 0 Å². The van der Waals surface area contributed by atoms with Gasteiger partial charge in [0.15, 0.2) is 0 Å². The molecule has 2 unspecified atom stereocenters. The lowest BCUT2D eigenvalue weighted by molar-refractivity contribution is 0.473. The molecule has 0 amide bonds. The first-order chi connectivity index (χ1) is 7.75. The molecule has 1 aromatic heterocycles. The van der Waals surface area contributed by atoms with Gasteiger partial charge < -0.3 is 10.3 Å². The van der Waals surface area contributed by atoms with Crippen molar-refractivity contribution >= 4 is 0 Å². The van der Waals surface area contributed by atoms with Crippen molar-refractivity contribution in [3.05, 3.63) is 17.2 Å². The van der Waals surface area contributed by atoms with Crippen LogP contribution in [0.2, 0.25) is 0 Å². The lowest BCUT2D eigenvalue weighted by atomic mass is 10.0. The molecule has 0 aliphatic heterocycles. The van der Waals surface area contributed by atoms with Crippen molar-refractivity contribution in [3.8, 4) is 0 Å². The molecule has 1 heterocycles. The Balaban J connectivity index is 1.96. The minimum Gasteiger partial charge on any atom is -0.329 e. The number of aromatic nitrogens is 2. The molecule has 3 heteroatoms. The van der Waals surface area contributed by atoms with Crippen molar-refractivity contribution in [3.63, 3.8) is 0 Å². The van der Waals surface area contributed by atoms with E-state index in [4.69, 9.17) is 10.7 Å². The Labute approximate surface area is 97.0 Å². The zero-order valence-electron chi connectivity index (χ0n) is 10.1. The number of hydrogen-bond acceptors (Lipinski definition) is 2. The summed E-state index contributed by atoms with van der Waals surface area (Å²) in [5, 5.41) is 0. The predicted molar refractivity (Wildman–Crippen MR) is 64.5 cm³/mol. The van der Waals surface area contributed by atoms with E-state index < -0.39 is 0 Å². The highest BCUT2D eigenvalue weighted by Gasteiger charge is 2.28. The number of hydrogen-bond donors (Lipinski definition) is 1. The van der Waals surface area contributed by atoms with Crippen LogP contribution in [-0.4, -0.2) is 15.6 Å². The third-order valence-corrected chi connectivity index (χ3v) is 4.16. The highest BCUT2D eigenvalue weighted by atomic mass is 15.1. The molecule has 3 nitrogen and oxygen atoms in total. The average Bonchev–Trinajstić information content (AvgIpc) is 2.80. The molecular formula is C13H21N3. The number of fused-ring (bicyclic) bond motifs is 1. The summed E-state index contributed by atoms with van der Waals surface area (Å²) in [6.07, 6.45) is 8.61. The molecule has 0 saturated heterocycles. The molecule has 16 heavy (non-hydrogen) atoms. The van der Waals surface area contributed by atoms with Crippen LogP contribution < -0.4 is 5.73 Å². The first-order valence-corrected chi connectivity index (χ1v) is 6.58. The zero-order chi connectivity index (χ0) is 11.1. The van der Waals surface area contributed by atoms with Gasteiger partial charge in [-0.2, -0.15) is 0 Å². The van der Waals surface area contributed by atoms with Gasteiger partial charge >= 0.3 is 0 Å². The van der Waals surface area contributed by atoms with Crippen LogP contribution in [0.25, 0.3) is 0 Å². The summed E-state index contributed by atoms with van der Waals surface area (Å²) in [7, 11) is 0. The molecule has 0 aromatic carbocycles. The minimum atomic E-state index is 0.408. The predicted octanol–water partition coefficient (Wildman–Crippen LogP) is 2.12. The Bertz CT molecular complexity index is 394. The fourth-order valence-corrected chi connectivity index (χ4v) is 3.41. The number of aryl methyl sites for hydroxylation is 2. The van der Waals surface area contributed by atoms with Crippen LogP contribution in [0.15, 0.2) is 0 Å². The summed E-state index contributed by atoms with van der Waals surface area (Å²) in [4.78, 5) is 4.74. The molecule has 0 bridgehead atoms. The van der Waals surface area contributed by atoms with Crippen LogP contribution in [0.5, 0.6) is 0 Å². The Morgan fingerprint density at radius 3 is 2.81 bits per heavy atom. The van der Waals surface area contributed by atoms with E-state index in [1.165, 1.54) is 55.7 Å². The van der Waals surface area contributed by atoms with E-state index in [1.807, 2.05) is 0 Å². The van der Waals surface area contributed by atoms with Crippen molar-refractivity contribution < 1.29 is 0 Å². The van der Waals surface area contributed by atoms with E-state index in [1.54, 1.807) is 0 Å². The monoisotopic (exact) mass is 219 g/mol. The number of nitrogens with zero attached hydrogens (tertiary/aromatic N) is 2. The Morgan fingerprint density at radius 2 is 2.06 bits per heavy atom. The third kappa shape index (κ3) is 1.58. The van der Waals surface area contributed by atoms with E-state index in [9.17, 15) is 0 Å². The summed E-state index contributed by atoms with van der Waals surface area (Å²) >= 11 is 0. The highest BCUT2D eigenvalue weighted by Crippen LogP contribution is 2.34. The lowest BCUT2D eigenvalue weighted by Crippen LogP contribution is -2.18. The molecule has 88 valence electrons. The van der Waals surface area contributed by atoms with E-state index in [0.29, 0.717) is 12.1 Å². The number of rotatable bonds is 1. The van der Waals surface area contributed by atoms with Gasteiger partial charge in [-0.25, -0.2) is 4.98 Å². The second-order valence-corrected chi connectivity index (χ2v) is 5.36. The second kappa shape index (κ2) is 3.88. The van der Waals surface area contributed by atoms with Crippen LogP contribution >= 0.6 is 0 Å². The maximum atomic E-state index is 6.02. The SMILES string of the molecule is Cc1nc2c(n1C1CCC(N)C1)CCCC2. The molecule has 1 saturated carbocycles. The molecule has 2 aliphatic carbocycles. The summed E-state index contributed by atoms with van der Waals surface area (Å²) in [6.45, 7) is 2.15. The fourth-order valence-electron chi connectivity index (χ4n) is 3.41. The third-order valence-electron chi connectivity index (χ3n) is 4.16. The molecule has 2 aliphatic rings. The minimum absolute atomic E-state index is 0.408. The first kappa shape index (κ1) is 10.3. The van der Waals surface area contributed by atoms with Gasteiger partial charge in [0.2, 0.25) is 0 Å². The number of imidazole rings is 1. The van der Waals surface area contributed by atoms with Crippen LogP contribution in [0.1, 0.15) is 55.4 Å². The van der Waals surface area contributed by atoms with Crippen molar-refractivity contribution in [2.75, 3.05) is 0 Å². The molecule has 1 aromatic rings. The van der Waals surface area contributed by atoms with Gasteiger partial charge in [-0.1, -0.05) is 0 Å². The summed E-state index contributed by atoms with van der Waals surface area (Å²) in [5.74, 6) is 1.21. The van der Waals surface area contributed by atoms with Crippen LogP contribution in [-0.2, 0) is 12.8 Å². The molecule has 2 atom stereocenters. The topological polar surface area (TPSA) is 43.8 Å². The van der Waals surface area contributed by atoms with Gasteiger partial charge in [0, 0.05) is 17.8 Å². The van der Waals surface area contributed by atoms with Gasteiger partial charge in [0.25, 0.3) is 0 Å². The van der Waals surface area contributed by atoms with Crippen molar-refractivity contribution in [1.29, 1.82) is 0 Å². The summed E-state index contributed by atoms with van der Waals surface area (Å²) < 4.78 is 2.50. The molecular weight excluding hydrogens is 198 g/mol. The van der Waals surface area contributed by atoms with Crippen molar-refractivity contribution in [1.82, 2.24) is 9.55 Å². The smallest absolute Gasteiger partial charge is 0.106 e. The maximum Gasteiger partial charge on any atom is 0.106 e. The molecule has 2 N–H and O–H groups in total. The summed E-state index contributed by atoms with van der Waals surface area (Å²) in [6, 6.07) is 1.04. The normalized spacial score (nSPS) is 29.4. The average molecular weight is 219 g/mol. The molecule has 0 radical (unpaired) electrons.